The number of halogens is 4. The molecule has 0 saturated heterocycles. The van der Waals surface area contributed by atoms with Crippen LogP contribution in [0.25, 0.3) is 16.9 Å². The fourth-order valence-electron chi connectivity index (χ4n) is 5.06. The minimum atomic E-state index is -4.16. The lowest BCUT2D eigenvalue weighted by atomic mass is 10.1. The molecule has 4 rings (SSSR count). The van der Waals surface area contributed by atoms with Crippen LogP contribution >= 0.6 is 46.4 Å². The second-order valence-electron chi connectivity index (χ2n) is 11.3. The smallest absolute Gasteiger partial charge is 0.264 e. The molecule has 52 heavy (non-hydrogen) atoms. The van der Waals surface area contributed by atoms with E-state index in [1.807, 2.05) is 4.90 Å². The highest BCUT2D eigenvalue weighted by Crippen LogP contribution is 2.41. The van der Waals surface area contributed by atoms with Gasteiger partial charge in [-0.2, -0.15) is 27.2 Å². The van der Waals surface area contributed by atoms with E-state index in [1.54, 1.807) is 48.5 Å². The van der Waals surface area contributed by atoms with Crippen LogP contribution in [0.15, 0.2) is 64.8 Å². The molecule has 1 amide bonds. The third kappa shape index (κ3) is 11.4. The van der Waals surface area contributed by atoms with Crippen LogP contribution in [0.1, 0.15) is 38.2 Å². The summed E-state index contributed by atoms with van der Waals surface area (Å²) < 4.78 is 64.4. The highest BCUT2D eigenvalue weighted by Gasteiger charge is 2.25. The lowest BCUT2D eigenvalue weighted by molar-refractivity contribution is -0.114. The predicted octanol–water partition coefficient (Wildman–Crippen LogP) is 8.54. The SMILES string of the molecule is CC(=O)Nc1cc(N(CCCCS(=O)(=O)O)CCCCS(=O)(=O)O)ccc1N=Nc1c(C#N)c(-c2ccc(Cl)cc2Cl)nn1-c1c(Cl)cccc1Cl. The molecule has 3 aromatic carbocycles. The molecule has 1 heterocycles. The minimum absolute atomic E-state index is 0.0254. The Hall–Kier alpha value is -3.79. The van der Waals surface area contributed by atoms with Crippen molar-refractivity contribution in [3.8, 4) is 23.0 Å². The molecule has 0 aliphatic heterocycles. The molecule has 0 atom stereocenters. The lowest BCUT2D eigenvalue weighted by Gasteiger charge is -2.26. The quantitative estimate of drug-likeness (QED) is 0.0557. The van der Waals surface area contributed by atoms with Crippen LogP contribution in [0, 0.1) is 11.3 Å². The van der Waals surface area contributed by atoms with E-state index in [1.165, 1.54) is 17.7 Å². The van der Waals surface area contributed by atoms with Crippen LogP contribution in [0.3, 0.4) is 0 Å². The maximum absolute atomic E-state index is 12.3. The van der Waals surface area contributed by atoms with Crippen molar-refractivity contribution < 1.29 is 30.7 Å². The van der Waals surface area contributed by atoms with Gasteiger partial charge in [0.2, 0.25) is 5.91 Å². The normalized spacial score (nSPS) is 11.9. The van der Waals surface area contributed by atoms with Crippen molar-refractivity contribution in [1.29, 1.82) is 5.26 Å². The molecule has 1 aromatic heterocycles. The Labute approximate surface area is 320 Å². The zero-order valence-electron chi connectivity index (χ0n) is 27.3. The van der Waals surface area contributed by atoms with Gasteiger partial charge in [0.1, 0.15) is 28.7 Å². The van der Waals surface area contributed by atoms with Crippen LogP contribution in [0.5, 0.6) is 0 Å². The number of benzene rings is 3. The van der Waals surface area contributed by atoms with Gasteiger partial charge in [0.15, 0.2) is 5.82 Å². The molecule has 0 saturated carbocycles. The summed E-state index contributed by atoms with van der Waals surface area (Å²) >= 11 is 25.7. The molecule has 20 heteroatoms. The number of hydrogen-bond donors (Lipinski definition) is 3. The Bertz CT molecular complexity index is 2200. The van der Waals surface area contributed by atoms with E-state index in [2.05, 4.69) is 26.7 Å². The van der Waals surface area contributed by atoms with Gasteiger partial charge in [-0.05, 0) is 74.2 Å². The van der Waals surface area contributed by atoms with Crippen molar-refractivity contribution in [3.05, 3.63) is 80.3 Å². The summed E-state index contributed by atoms with van der Waals surface area (Å²) in [5, 5.41) is 27.4. The lowest BCUT2D eigenvalue weighted by Crippen LogP contribution is -2.26. The summed E-state index contributed by atoms with van der Waals surface area (Å²) in [7, 11) is -8.33. The van der Waals surface area contributed by atoms with Gasteiger partial charge in [0.25, 0.3) is 20.2 Å². The largest absolute Gasteiger partial charge is 0.371 e. The summed E-state index contributed by atoms with van der Waals surface area (Å²) in [5.74, 6) is -1.37. The molecule has 0 aliphatic rings. The van der Waals surface area contributed by atoms with E-state index < -0.39 is 37.6 Å². The van der Waals surface area contributed by atoms with E-state index in [9.17, 15) is 26.9 Å². The maximum atomic E-state index is 12.3. The zero-order chi connectivity index (χ0) is 38.2. The van der Waals surface area contributed by atoms with Gasteiger partial charge < -0.3 is 10.2 Å². The van der Waals surface area contributed by atoms with E-state index in [-0.39, 0.29) is 62.0 Å². The number of nitrogens with one attached hydrogen (secondary N) is 1. The molecular weight excluding hydrogens is 800 g/mol. The van der Waals surface area contributed by atoms with Gasteiger partial charge in [-0.15, -0.1) is 10.2 Å². The Kier molecular flexibility index (Phi) is 14.0. The topological polar surface area (TPSA) is 207 Å². The molecule has 0 fully saturated rings. The molecule has 0 bridgehead atoms. The van der Waals surface area contributed by atoms with Crippen molar-refractivity contribution in [2.24, 2.45) is 10.2 Å². The molecule has 0 spiro atoms. The second kappa shape index (κ2) is 17.8. The number of aromatic nitrogens is 2. The molecule has 3 N–H and O–H groups in total. The number of nitrogens with zero attached hydrogens (tertiary/aromatic N) is 6. The van der Waals surface area contributed by atoms with Crippen LogP contribution < -0.4 is 10.2 Å². The average molecular weight is 832 g/mol. The molecule has 4 aromatic rings. The Morgan fingerprint density at radius 1 is 0.885 bits per heavy atom. The number of hydrogen-bond acceptors (Lipinski definition) is 10. The van der Waals surface area contributed by atoms with Gasteiger partial charge in [-0.1, -0.05) is 52.5 Å². The summed E-state index contributed by atoms with van der Waals surface area (Å²) in [6, 6.07) is 16.4. The molecule has 276 valence electrons. The number of rotatable bonds is 16. The van der Waals surface area contributed by atoms with Crippen LogP contribution in [-0.2, 0) is 25.0 Å². The number of carbonyl (C=O) groups excluding carboxylic acids is 1. The van der Waals surface area contributed by atoms with Crippen molar-refractivity contribution >= 4 is 95.4 Å². The second-order valence-corrected chi connectivity index (χ2v) is 16.1. The van der Waals surface area contributed by atoms with Gasteiger partial charge in [0.05, 0.1) is 32.3 Å². The first-order valence-corrected chi connectivity index (χ1v) is 20.1. The monoisotopic (exact) mass is 829 g/mol. The first-order valence-electron chi connectivity index (χ1n) is 15.4. The van der Waals surface area contributed by atoms with E-state index in [0.29, 0.717) is 42.2 Å². The Morgan fingerprint density at radius 2 is 1.50 bits per heavy atom. The third-order valence-corrected chi connectivity index (χ3v) is 10.1. The predicted molar refractivity (Wildman–Crippen MR) is 202 cm³/mol. The third-order valence-electron chi connectivity index (χ3n) is 7.38. The number of para-hydroxylation sites is 1. The number of nitriles is 1. The van der Waals surface area contributed by atoms with Gasteiger partial charge in [0, 0.05) is 36.3 Å². The van der Waals surface area contributed by atoms with E-state index >= 15 is 0 Å². The summed E-state index contributed by atoms with van der Waals surface area (Å²) in [6.45, 7) is 1.91. The van der Waals surface area contributed by atoms with Crippen molar-refractivity contribution in [2.45, 2.75) is 32.6 Å². The summed E-state index contributed by atoms with van der Waals surface area (Å²) in [5.41, 5.74) is 1.65. The van der Waals surface area contributed by atoms with Gasteiger partial charge >= 0.3 is 0 Å². The van der Waals surface area contributed by atoms with Gasteiger partial charge in [-0.25, -0.2) is 4.68 Å². The summed E-state index contributed by atoms with van der Waals surface area (Å²) in [6.07, 6.45) is 0.999. The molecule has 0 radical (unpaired) electrons. The first-order chi connectivity index (χ1) is 24.5. The molecular formula is C32H31Cl4N7O7S2. The fraction of sp³-hybridized carbons (Fsp3) is 0.281. The van der Waals surface area contributed by atoms with Crippen LogP contribution in [0.4, 0.5) is 22.9 Å². The van der Waals surface area contributed by atoms with E-state index in [0.717, 1.165) is 0 Å². The Morgan fingerprint density at radius 3 is 2.04 bits per heavy atom. The Balaban J connectivity index is 1.79. The molecule has 0 aliphatic carbocycles. The zero-order valence-corrected chi connectivity index (χ0v) is 32.0. The first kappa shape index (κ1) is 41.0. The van der Waals surface area contributed by atoms with Crippen molar-refractivity contribution in [3.63, 3.8) is 0 Å². The number of anilines is 2. The number of unbranched alkanes of at least 4 members (excludes halogenated alkanes) is 2. The summed E-state index contributed by atoms with van der Waals surface area (Å²) in [4.78, 5) is 14.1. The molecule has 0 unspecified atom stereocenters. The number of azo groups is 1. The molecule has 14 nitrogen and oxygen atoms in total. The van der Waals surface area contributed by atoms with Gasteiger partial charge in [-0.3, -0.25) is 13.9 Å². The van der Waals surface area contributed by atoms with E-state index in [4.69, 9.17) is 55.5 Å². The van der Waals surface area contributed by atoms with Crippen molar-refractivity contribution in [2.75, 3.05) is 34.8 Å². The van der Waals surface area contributed by atoms with Crippen LogP contribution in [-0.4, -0.2) is 66.2 Å². The minimum Gasteiger partial charge on any atom is -0.371 e. The number of carbonyl (C=O) groups is 1. The fourth-order valence-corrected chi connectivity index (χ4v) is 7.26. The number of amides is 1. The standard InChI is InChI=1S/C32H31Cl4N7O7S2/c1-20(44)38-29-18-22(42(13-2-4-15-51(45,46)47)14-3-5-16-52(48,49)50)10-12-28(29)39-40-32-24(19-37)30(23-11-9-21(33)17-27(23)36)41-43(32)31-25(34)7-6-8-26(31)35/h6-12,17-18H,2-5,13-16H2,1H3,(H,38,44)(H,45,46,47)(H,48,49,50). The highest BCUT2D eigenvalue weighted by atomic mass is 35.5. The van der Waals surface area contributed by atoms with Crippen molar-refractivity contribution in [1.82, 2.24) is 9.78 Å². The maximum Gasteiger partial charge on any atom is 0.264 e. The average Bonchev–Trinajstić information content (AvgIpc) is 3.39. The highest BCUT2D eigenvalue weighted by molar-refractivity contribution is 7.86. The van der Waals surface area contributed by atoms with Crippen LogP contribution in [0.2, 0.25) is 20.1 Å².